The summed E-state index contributed by atoms with van der Waals surface area (Å²) in [6, 6.07) is 3.12. The quantitative estimate of drug-likeness (QED) is 0.436. The molecule has 1 aromatic carbocycles. The summed E-state index contributed by atoms with van der Waals surface area (Å²) < 4.78 is 6.55. The van der Waals surface area contributed by atoms with E-state index in [1.165, 1.54) is 0 Å². The van der Waals surface area contributed by atoms with Gasteiger partial charge in [0, 0.05) is 18.4 Å². The number of aliphatic hydroxyl groups excluding tert-OH is 1. The Hall–Kier alpha value is -2.11. The highest BCUT2D eigenvalue weighted by Crippen LogP contribution is 2.45. The number of carbonyl (C=O) groups excluding carboxylic acids is 1. The zero-order valence-electron chi connectivity index (χ0n) is 20.3. The van der Waals surface area contributed by atoms with E-state index in [2.05, 4.69) is 13.8 Å². The first kappa shape index (κ1) is 24.5. The standard InChI is InChI=1S/C27H38O5/c1-16(9-10-18-14-19(28)13-17(2)24(18)31)12-21-20-15-23(30)27(5,6)32-25(21)26(3,4)11-7-8-22(20)29/h9,13-14,23,25,28,30-31H,7-8,10-12,15H2,1-6H3/t23-,25?/m1/s1. The van der Waals surface area contributed by atoms with Crippen LogP contribution >= 0.6 is 0 Å². The second kappa shape index (κ2) is 9.03. The van der Waals surface area contributed by atoms with Gasteiger partial charge in [0.05, 0.1) is 17.8 Å². The normalized spacial score (nSPS) is 25.8. The summed E-state index contributed by atoms with van der Waals surface area (Å²) in [5.41, 5.74) is 3.16. The fourth-order valence-electron chi connectivity index (χ4n) is 4.94. The molecule has 0 fully saturated rings. The topological polar surface area (TPSA) is 87.0 Å². The van der Waals surface area contributed by atoms with Crippen molar-refractivity contribution < 1.29 is 24.9 Å². The van der Waals surface area contributed by atoms with Crippen molar-refractivity contribution in [1.82, 2.24) is 0 Å². The van der Waals surface area contributed by atoms with E-state index in [9.17, 15) is 20.1 Å². The third-order valence-corrected chi connectivity index (χ3v) is 7.10. The molecule has 1 aromatic rings. The van der Waals surface area contributed by atoms with Crippen molar-refractivity contribution in [2.24, 2.45) is 5.41 Å². The van der Waals surface area contributed by atoms with Crippen molar-refractivity contribution in [2.45, 2.75) is 97.9 Å². The van der Waals surface area contributed by atoms with Gasteiger partial charge in [0.15, 0.2) is 5.78 Å². The van der Waals surface area contributed by atoms with Crippen molar-refractivity contribution >= 4 is 5.78 Å². The number of hydrogen-bond acceptors (Lipinski definition) is 5. The van der Waals surface area contributed by atoms with Gasteiger partial charge in [0.1, 0.15) is 11.5 Å². The molecular formula is C27H38O5. The van der Waals surface area contributed by atoms with Gasteiger partial charge in [0.2, 0.25) is 0 Å². The van der Waals surface area contributed by atoms with Crippen LogP contribution in [0.2, 0.25) is 0 Å². The first-order valence-corrected chi connectivity index (χ1v) is 11.6. The second-order valence-corrected chi connectivity index (χ2v) is 10.8. The maximum atomic E-state index is 13.1. The van der Waals surface area contributed by atoms with Crippen molar-refractivity contribution in [3.05, 3.63) is 46.1 Å². The average Bonchev–Trinajstić information content (AvgIpc) is 2.79. The molecule has 1 aliphatic heterocycles. The minimum absolute atomic E-state index is 0.120. The van der Waals surface area contributed by atoms with E-state index < -0.39 is 11.7 Å². The number of allylic oxidation sites excluding steroid dienone is 2. The molecule has 1 aliphatic carbocycles. The number of phenolic OH excluding ortho intramolecular Hbond substituents is 2. The lowest BCUT2D eigenvalue weighted by molar-refractivity contribution is -0.148. The molecule has 3 rings (SSSR count). The minimum atomic E-state index is -0.748. The number of carbonyl (C=O) groups is 1. The molecule has 32 heavy (non-hydrogen) atoms. The largest absolute Gasteiger partial charge is 0.508 e. The summed E-state index contributed by atoms with van der Waals surface area (Å²) in [6.45, 7) is 12.0. The smallest absolute Gasteiger partial charge is 0.159 e. The Balaban J connectivity index is 1.98. The number of rotatable bonds is 4. The number of Topliss-reactive ketones (excluding diaryl/α,β-unsaturated/α-hetero) is 1. The number of aliphatic hydroxyl groups is 1. The molecule has 0 radical (unpaired) electrons. The van der Waals surface area contributed by atoms with Crippen LogP contribution in [0.1, 0.15) is 77.8 Å². The number of aromatic hydroxyl groups is 2. The Bertz CT molecular complexity index is 951. The predicted molar refractivity (Wildman–Crippen MR) is 126 cm³/mol. The van der Waals surface area contributed by atoms with Gasteiger partial charge in [0.25, 0.3) is 0 Å². The molecule has 2 aliphatic rings. The van der Waals surface area contributed by atoms with E-state index in [0.717, 1.165) is 29.6 Å². The molecule has 3 N–H and O–H groups in total. The van der Waals surface area contributed by atoms with Crippen LogP contribution in [-0.2, 0) is 16.0 Å². The SMILES string of the molecule is CC(=CCc1cc(O)cc(C)c1O)CC1=C2C[C@@H](O)C(C)(C)OC1C(C)(C)CCCC2=O. The lowest BCUT2D eigenvalue weighted by Crippen LogP contribution is -2.45. The maximum absolute atomic E-state index is 13.1. The Kier molecular flexibility index (Phi) is 6.92. The van der Waals surface area contributed by atoms with E-state index in [4.69, 9.17) is 4.74 Å². The van der Waals surface area contributed by atoms with Crippen molar-refractivity contribution in [3.63, 3.8) is 0 Å². The molecule has 2 atom stereocenters. The molecule has 1 unspecified atom stereocenters. The van der Waals surface area contributed by atoms with Crippen LogP contribution in [0.3, 0.4) is 0 Å². The Labute approximate surface area is 191 Å². The van der Waals surface area contributed by atoms with Crippen LogP contribution in [0.4, 0.5) is 0 Å². The maximum Gasteiger partial charge on any atom is 0.159 e. The van der Waals surface area contributed by atoms with Gasteiger partial charge in [-0.3, -0.25) is 4.79 Å². The van der Waals surface area contributed by atoms with Gasteiger partial charge in [-0.1, -0.05) is 25.5 Å². The van der Waals surface area contributed by atoms with Crippen LogP contribution in [0.25, 0.3) is 0 Å². The minimum Gasteiger partial charge on any atom is -0.508 e. The Morgan fingerprint density at radius 2 is 1.91 bits per heavy atom. The van der Waals surface area contributed by atoms with Gasteiger partial charge < -0.3 is 20.1 Å². The summed E-state index contributed by atoms with van der Waals surface area (Å²) in [7, 11) is 0. The fourth-order valence-corrected chi connectivity index (χ4v) is 4.94. The molecule has 176 valence electrons. The van der Waals surface area contributed by atoms with Crippen molar-refractivity contribution in [2.75, 3.05) is 0 Å². The Morgan fingerprint density at radius 3 is 2.59 bits per heavy atom. The number of benzene rings is 1. The zero-order chi connectivity index (χ0) is 23.8. The summed E-state index contributed by atoms with van der Waals surface area (Å²) in [5.74, 6) is 0.446. The Morgan fingerprint density at radius 1 is 1.22 bits per heavy atom. The highest BCUT2D eigenvalue weighted by Gasteiger charge is 2.45. The molecule has 0 amide bonds. The summed E-state index contributed by atoms with van der Waals surface area (Å²) >= 11 is 0. The lowest BCUT2D eigenvalue weighted by Gasteiger charge is -2.41. The van der Waals surface area contributed by atoms with Gasteiger partial charge in [-0.2, -0.15) is 0 Å². The zero-order valence-corrected chi connectivity index (χ0v) is 20.3. The van der Waals surface area contributed by atoms with Crippen LogP contribution < -0.4 is 0 Å². The number of phenols is 2. The fraction of sp³-hybridized carbons (Fsp3) is 0.593. The number of aryl methyl sites for hydroxylation is 1. The van der Waals surface area contributed by atoms with Crippen molar-refractivity contribution in [1.29, 1.82) is 0 Å². The molecule has 0 aromatic heterocycles. The second-order valence-electron chi connectivity index (χ2n) is 10.8. The number of hydrogen-bond donors (Lipinski definition) is 3. The van der Waals surface area contributed by atoms with E-state index >= 15 is 0 Å². The number of fused-ring (bicyclic) bond motifs is 1. The van der Waals surface area contributed by atoms with Crippen LogP contribution in [-0.4, -0.2) is 38.9 Å². The predicted octanol–water partition coefficient (Wildman–Crippen LogP) is 5.29. The van der Waals surface area contributed by atoms with E-state index in [0.29, 0.717) is 36.8 Å². The van der Waals surface area contributed by atoms with Crippen molar-refractivity contribution in [3.8, 4) is 11.5 Å². The average molecular weight is 443 g/mol. The number of ether oxygens (including phenoxy) is 1. The number of ketones is 1. The summed E-state index contributed by atoms with van der Waals surface area (Å²) in [6.07, 6.45) is 4.61. The third kappa shape index (κ3) is 5.10. The molecule has 1 heterocycles. The van der Waals surface area contributed by atoms with Gasteiger partial charge in [-0.05, 0) is 87.6 Å². The summed E-state index contributed by atoms with van der Waals surface area (Å²) in [5, 5.41) is 31.1. The van der Waals surface area contributed by atoms with Crippen LogP contribution in [0, 0.1) is 12.3 Å². The van der Waals surface area contributed by atoms with Gasteiger partial charge in [-0.15, -0.1) is 0 Å². The molecule has 0 saturated carbocycles. The highest BCUT2D eigenvalue weighted by atomic mass is 16.5. The molecule has 0 saturated heterocycles. The summed E-state index contributed by atoms with van der Waals surface area (Å²) in [4.78, 5) is 13.1. The first-order chi connectivity index (χ1) is 14.8. The van der Waals surface area contributed by atoms with Gasteiger partial charge >= 0.3 is 0 Å². The molecule has 5 nitrogen and oxygen atoms in total. The highest BCUT2D eigenvalue weighted by molar-refractivity contribution is 5.96. The van der Waals surface area contributed by atoms with Crippen LogP contribution in [0.15, 0.2) is 34.9 Å². The van der Waals surface area contributed by atoms with E-state index in [-0.39, 0.29) is 28.8 Å². The molecular weight excluding hydrogens is 404 g/mol. The lowest BCUT2D eigenvalue weighted by atomic mass is 9.72. The molecule has 2 bridgehead atoms. The third-order valence-electron chi connectivity index (χ3n) is 7.10. The van der Waals surface area contributed by atoms with E-state index in [1.807, 2.05) is 26.8 Å². The van der Waals surface area contributed by atoms with Gasteiger partial charge in [-0.25, -0.2) is 0 Å². The molecule has 0 spiro atoms. The first-order valence-electron chi connectivity index (χ1n) is 11.6. The van der Waals surface area contributed by atoms with Crippen LogP contribution in [0.5, 0.6) is 11.5 Å². The van der Waals surface area contributed by atoms with E-state index in [1.54, 1.807) is 19.1 Å². The monoisotopic (exact) mass is 442 g/mol. The molecule has 5 heteroatoms.